The van der Waals surface area contributed by atoms with Gasteiger partial charge in [0.15, 0.2) is 0 Å². The molecule has 2 atom stereocenters. The third kappa shape index (κ3) is 4.29. The molecule has 0 aromatic rings. The molecule has 1 aliphatic carbocycles. The molecular formula is C13H23NO4. The van der Waals surface area contributed by atoms with Crippen LogP contribution in [0.15, 0.2) is 0 Å². The zero-order valence-corrected chi connectivity index (χ0v) is 11.3. The van der Waals surface area contributed by atoms with Gasteiger partial charge < -0.3 is 10.2 Å². The number of hydrogen-bond donors (Lipinski definition) is 2. The van der Waals surface area contributed by atoms with Gasteiger partial charge in [0, 0.05) is 6.04 Å². The normalized spacial score (nSPS) is 27.1. The Labute approximate surface area is 108 Å². The van der Waals surface area contributed by atoms with Gasteiger partial charge in [-0.15, -0.1) is 0 Å². The van der Waals surface area contributed by atoms with Gasteiger partial charge in [0.1, 0.15) is 0 Å². The SMILES string of the molecule is CC1CC(C)(C)CCC1N(CC(=O)O)CC(=O)O. The molecule has 1 saturated carbocycles. The summed E-state index contributed by atoms with van der Waals surface area (Å²) in [5.41, 5.74) is 0.272. The van der Waals surface area contributed by atoms with Crippen molar-refractivity contribution in [3.05, 3.63) is 0 Å². The summed E-state index contributed by atoms with van der Waals surface area (Å²) < 4.78 is 0. The number of hydrogen-bond acceptors (Lipinski definition) is 3. The van der Waals surface area contributed by atoms with Crippen LogP contribution >= 0.6 is 0 Å². The molecule has 104 valence electrons. The Morgan fingerprint density at radius 1 is 1.22 bits per heavy atom. The fraction of sp³-hybridized carbons (Fsp3) is 0.846. The minimum absolute atomic E-state index is 0.0604. The molecule has 0 saturated heterocycles. The fourth-order valence-corrected chi connectivity index (χ4v) is 3.11. The molecule has 0 radical (unpaired) electrons. The van der Waals surface area contributed by atoms with Crippen molar-refractivity contribution in [3.63, 3.8) is 0 Å². The molecule has 2 N–H and O–H groups in total. The fourth-order valence-electron chi connectivity index (χ4n) is 3.11. The van der Waals surface area contributed by atoms with Crippen molar-refractivity contribution in [2.24, 2.45) is 11.3 Å². The van der Waals surface area contributed by atoms with Crippen LogP contribution < -0.4 is 0 Å². The molecule has 0 aromatic heterocycles. The molecular weight excluding hydrogens is 234 g/mol. The van der Waals surface area contributed by atoms with E-state index in [4.69, 9.17) is 10.2 Å². The lowest BCUT2D eigenvalue weighted by Gasteiger charge is -2.43. The zero-order chi connectivity index (χ0) is 13.9. The van der Waals surface area contributed by atoms with Crippen molar-refractivity contribution in [3.8, 4) is 0 Å². The molecule has 5 nitrogen and oxygen atoms in total. The van der Waals surface area contributed by atoms with Gasteiger partial charge in [-0.2, -0.15) is 0 Å². The molecule has 5 heteroatoms. The highest BCUT2D eigenvalue weighted by Crippen LogP contribution is 2.40. The first-order valence-electron chi connectivity index (χ1n) is 6.39. The van der Waals surface area contributed by atoms with Crippen LogP contribution in [0.5, 0.6) is 0 Å². The van der Waals surface area contributed by atoms with Gasteiger partial charge in [0.25, 0.3) is 0 Å². The average molecular weight is 257 g/mol. The number of aliphatic carboxylic acids is 2. The highest BCUT2D eigenvalue weighted by Gasteiger charge is 2.36. The van der Waals surface area contributed by atoms with Crippen LogP contribution in [0.25, 0.3) is 0 Å². The first-order valence-corrected chi connectivity index (χ1v) is 6.39. The lowest BCUT2D eigenvalue weighted by molar-refractivity contribution is -0.144. The maximum atomic E-state index is 10.8. The van der Waals surface area contributed by atoms with Gasteiger partial charge in [-0.3, -0.25) is 14.5 Å². The van der Waals surface area contributed by atoms with Crippen molar-refractivity contribution in [1.82, 2.24) is 4.90 Å². The zero-order valence-electron chi connectivity index (χ0n) is 11.3. The molecule has 0 bridgehead atoms. The molecule has 1 fully saturated rings. The summed E-state index contributed by atoms with van der Waals surface area (Å²) in [5, 5.41) is 17.8. The second kappa shape index (κ2) is 5.69. The van der Waals surface area contributed by atoms with E-state index < -0.39 is 11.9 Å². The Balaban J connectivity index is 2.73. The molecule has 0 aliphatic heterocycles. The Bertz CT molecular complexity index is 311. The first-order chi connectivity index (χ1) is 8.21. The lowest BCUT2D eigenvalue weighted by Crippen LogP contribution is -2.48. The predicted octanol–water partition coefficient (Wildman–Crippen LogP) is 1.67. The van der Waals surface area contributed by atoms with E-state index in [1.165, 1.54) is 0 Å². The van der Waals surface area contributed by atoms with E-state index in [1.54, 1.807) is 4.90 Å². The minimum Gasteiger partial charge on any atom is -0.480 e. The van der Waals surface area contributed by atoms with Crippen LogP contribution in [0.4, 0.5) is 0 Å². The standard InChI is InChI=1S/C13H23NO4/c1-9-6-13(2,3)5-4-10(9)14(7-11(15)16)8-12(17)18/h9-10H,4-8H2,1-3H3,(H,15,16)(H,17,18). The molecule has 0 heterocycles. The Morgan fingerprint density at radius 3 is 2.11 bits per heavy atom. The van der Waals surface area contributed by atoms with Crippen molar-refractivity contribution in [2.45, 2.75) is 46.1 Å². The van der Waals surface area contributed by atoms with Crippen LogP contribution in [0.2, 0.25) is 0 Å². The second-order valence-electron chi connectivity index (χ2n) is 6.14. The predicted molar refractivity (Wildman–Crippen MR) is 67.4 cm³/mol. The molecule has 18 heavy (non-hydrogen) atoms. The van der Waals surface area contributed by atoms with Crippen LogP contribution in [0.1, 0.15) is 40.0 Å². The summed E-state index contributed by atoms with van der Waals surface area (Å²) in [7, 11) is 0. The highest BCUT2D eigenvalue weighted by atomic mass is 16.4. The van der Waals surface area contributed by atoms with E-state index >= 15 is 0 Å². The van der Waals surface area contributed by atoms with E-state index in [0.29, 0.717) is 5.92 Å². The van der Waals surface area contributed by atoms with Gasteiger partial charge in [-0.1, -0.05) is 20.8 Å². The van der Waals surface area contributed by atoms with Crippen LogP contribution in [-0.4, -0.2) is 46.2 Å². The first kappa shape index (κ1) is 15.0. The molecule has 0 spiro atoms. The van der Waals surface area contributed by atoms with Gasteiger partial charge in [-0.25, -0.2) is 0 Å². The third-order valence-corrected chi connectivity index (χ3v) is 3.79. The van der Waals surface area contributed by atoms with Gasteiger partial charge in [0.05, 0.1) is 13.1 Å². The molecule has 0 amide bonds. The van der Waals surface area contributed by atoms with Crippen molar-refractivity contribution in [2.75, 3.05) is 13.1 Å². The summed E-state index contributed by atoms with van der Waals surface area (Å²) in [4.78, 5) is 23.3. The smallest absolute Gasteiger partial charge is 0.317 e. The summed E-state index contributed by atoms with van der Waals surface area (Å²) in [5.74, 6) is -1.60. The quantitative estimate of drug-likeness (QED) is 0.783. The Hall–Kier alpha value is -1.10. The van der Waals surface area contributed by atoms with Crippen LogP contribution in [-0.2, 0) is 9.59 Å². The van der Waals surface area contributed by atoms with Crippen molar-refractivity contribution < 1.29 is 19.8 Å². The number of carbonyl (C=O) groups is 2. The van der Waals surface area contributed by atoms with Gasteiger partial charge in [-0.05, 0) is 30.6 Å². The van der Waals surface area contributed by atoms with Crippen LogP contribution in [0.3, 0.4) is 0 Å². The summed E-state index contributed by atoms with van der Waals surface area (Å²) >= 11 is 0. The largest absolute Gasteiger partial charge is 0.480 e. The third-order valence-electron chi connectivity index (χ3n) is 3.79. The Kier molecular flexibility index (Phi) is 4.73. The number of carboxylic acids is 2. The van der Waals surface area contributed by atoms with Crippen molar-refractivity contribution in [1.29, 1.82) is 0 Å². The van der Waals surface area contributed by atoms with Gasteiger partial charge >= 0.3 is 11.9 Å². The number of rotatable bonds is 5. The van der Waals surface area contributed by atoms with E-state index in [9.17, 15) is 9.59 Å². The Morgan fingerprint density at radius 2 is 1.72 bits per heavy atom. The van der Waals surface area contributed by atoms with Gasteiger partial charge in [0.2, 0.25) is 0 Å². The van der Waals surface area contributed by atoms with E-state index in [1.807, 2.05) is 0 Å². The second-order valence-corrected chi connectivity index (χ2v) is 6.14. The van der Waals surface area contributed by atoms with Crippen LogP contribution in [0, 0.1) is 11.3 Å². The van der Waals surface area contributed by atoms with E-state index in [2.05, 4.69) is 20.8 Å². The summed E-state index contributed by atoms with van der Waals surface area (Å²) in [6, 6.07) is 0.0604. The number of nitrogens with zero attached hydrogens (tertiary/aromatic N) is 1. The lowest BCUT2D eigenvalue weighted by atomic mass is 9.70. The minimum atomic E-state index is -0.965. The average Bonchev–Trinajstić information content (AvgIpc) is 2.13. The molecule has 2 unspecified atom stereocenters. The van der Waals surface area contributed by atoms with Crippen molar-refractivity contribution >= 4 is 11.9 Å². The topological polar surface area (TPSA) is 77.8 Å². The number of carboxylic acid groups (broad SMARTS) is 2. The molecule has 1 aliphatic rings. The van der Waals surface area contributed by atoms with E-state index in [0.717, 1.165) is 19.3 Å². The maximum absolute atomic E-state index is 10.8. The van der Waals surface area contributed by atoms with E-state index in [-0.39, 0.29) is 24.5 Å². The molecule has 1 rings (SSSR count). The molecule has 0 aromatic carbocycles. The monoisotopic (exact) mass is 257 g/mol. The highest BCUT2D eigenvalue weighted by molar-refractivity contribution is 5.72. The maximum Gasteiger partial charge on any atom is 0.317 e. The summed E-state index contributed by atoms with van der Waals surface area (Å²) in [6.45, 7) is 6.11. The summed E-state index contributed by atoms with van der Waals surface area (Å²) in [6.07, 6.45) is 2.89.